The number of carbonyl (C=O) groups is 1. The summed E-state index contributed by atoms with van der Waals surface area (Å²) in [6, 6.07) is 14.7. The Morgan fingerprint density at radius 2 is 1.78 bits per heavy atom. The molecular weight excluding hydrogens is 297 g/mol. The van der Waals surface area contributed by atoms with Crippen LogP contribution in [0.1, 0.15) is 10.5 Å². The number of anilines is 2. The van der Waals surface area contributed by atoms with E-state index in [1.807, 2.05) is 18.2 Å². The van der Waals surface area contributed by atoms with Gasteiger partial charge in [-0.05, 0) is 36.4 Å². The molecule has 116 valence electrons. The van der Waals surface area contributed by atoms with Gasteiger partial charge in [0.1, 0.15) is 5.82 Å². The van der Waals surface area contributed by atoms with Crippen LogP contribution in [0, 0.1) is 5.82 Å². The first kappa shape index (κ1) is 14.7. The van der Waals surface area contributed by atoms with E-state index in [0.29, 0.717) is 11.4 Å². The van der Waals surface area contributed by atoms with Gasteiger partial charge in [0.25, 0.3) is 5.91 Å². The summed E-state index contributed by atoms with van der Waals surface area (Å²) < 4.78 is 14.3. The number of nitrogens with two attached hydrogens (primary N) is 1. The van der Waals surface area contributed by atoms with Crippen LogP contribution in [0.25, 0.3) is 5.69 Å². The molecule has 1 amide bonds. The number of benzene rings is 2. The summed E-state index contributed by atoms with van der Waals surface area (Å²) in [7, 11) is 1.63. The maximum atomic E-state index is 13.0. The van der Waals surface area contributed by atoms with Crippen LogP contribution in [0.15, 0.2) is 54.6 Å². The van der Waals surface area contributed by atoms with Crippen molar-refractivity contribution in [2.24, 2.45) is 0 Å². The molecule has 0 aliphatic rings. The largest absolute Gasteiger partial charge is 0.382 e. The number of halogens is 1. The highest BCUT2D eigenvalue weighted by atomic mass is 19.1. The molecule has 0 unspecified atom stereocenters. The lowest BCUT2D eigenvalue weighted by molar-refractivity contribution is 0.0989. The Labute approximate surface area is 131 Å². The lowest BCUT2D eigenvalue weighted by atomic mass is 10.2. The average Bonchev–Trinajstić information content (AvgIpc) is 2.96. The second kappa shape index (κ2) is 5.88. The summed E-state index contributed by atoms with van der Waals surface area (Å²) in [6.07, 6.45) is 0. The number of para-hydroxylation sites is 1. The number of carbonyl (C=O) groups excluding carboxylic acids is 1. The number of amides is 1. The molecule has 0 radical (unpaired) electrons. The van der Waals surface area contributed by atoms with Crippen molar-refractivity contribution in [3.63, 3.8) is 0 Å². The van der Waals surface area contributed by atoms with E-state index in [2.05, 4.69) is 10.3 Å². The van der Waals surface area contributed by atoms with E-state index in [4.69, 9.17) is 5.73 Å². The second-order valence-corrected chi connectivity index (χ2v) is 4.91. The van der Waals surface area contributed by atoms with Gasteiger partial charge in [0.2, 0.25) is 0 Å². The van der Waals surface area contributed by atoms with Crippen LogP contribution in [0.4, 0.5) is 15.9 Å². The number of rotatable bonds is 3. The van der Waals surface area contributed by atoms with Crippen molar-refractivity contribution in [2.45, 2.75) is 0 Å². The SMILES string of the molecule is CN(C(=O)c1nnn(-c2ccc(F)cc2)c1N)c1ccccc1. The maximum Gasteiger partial charge on any atom is 0.282 e. The van der Waals surface area contributed by atoms with E-state index in [0.717, 1.165) is 0 Å². The number of aromatic nitrogens is 3. The van der Waals surface area contributed by atoms with Crippen LogP contribution in [-0.2, 0) is 0 Å². The standard InChI is InChI=1S/C16H14FN5O/c1-21(12-5-3-2-4-6-12)16(23)14-15(18)22(20-19-14)13-9-7-11(17)8-10-13/h2-10H,18H2,1H3. The topological polar surface area (TPSA) is 77.0 Å². The van der Waals surface area contributed by atoms with Gasteiger partial charge >= 0.3 is 0 Å². The Morgan fingerprint density at radius 1 is 1.13 bits per heavy atom. The van der Waals surface area contributed by atoms with Gasteiger partial charge in [-0.3, -0.25) is 4.79 Å². The Bertz CT molecular complexity index is 829. The first-order valence-electron chi connectivity index (χ1n) is 6.88. The number of hydrogen-bond acceptors (Lipinski definition) is 4. The molecule has 0 atom stereocenters. The van der Waals surface area contributed by atoms with Crippen molar-refractivity contribution in [1.29, 1.82) is 0 Å². The molecule has 0 aliphatic heterocycles. The predicted molar refractivity (Wildman–Crippen MR) is 84.9 cm³/mol. The normalized spacial score (nSPS) is 10.5. The number of nitrogens with zero attached hydrogens (tertiary/aromatic N) is 4. The minimum Gasteiger partial charge on any atom is -0.382 e. The molecule has 2 N–H and O–H groups in total. The van der Waals surface area contributed by atoms with Gasteiger partial charge in [0.05, 0.1) is 5.69 Å². The van der Waals surface area contributed by atoms with Crippen molar-refractivity contribution < 1.29 is 9.18 Å². The highest BCUT2D eigenvalue weighted by Gasteiger charge is 2.22. The fraction of sp³-hybridized carbons (Fsp3) is 0.0625. The molecule has 2 aromatic carbocycles. The van der Waals surface area contributed by atoms with Gasteiger partial charge in [-0.15, -0.1) is 5.10 Å². The number of hydrogen-bond donors (Lipinski definition) is 1. The molecular formula is C16H14FN5O. The van der Waals surface area contributed by atoms with E-state index < -0.39 is 0 Å². The molecule has 3 aromatic rings. The van der Waals surface area contributed by atoms with Crippen LogP contribution in [0.2, 0.25) is 0 Å². The molecule has 7 heteroatoms. The van der Waals surface area contributed by atoms with E-state index in [1.165, 1.54) is 33.8 Å². The first-order valence-corrected chi connectivity index (χ1v) is 6.88. The fourth-order valence-corrected chi connectivity index (χ4v) is 2.14. The lowest BCUT2D eigenvalue weighted by Crippen LogP contribution is -2.27. The first-order chi connectivity index (χ1) is 11.1. The third-order valence-corrected chi connectivity index (χ3v) is 3.43. The monoisotopic (exact) mass is 311 g/mol. The Balaban J connectivity index is 1.92. The van der Waals surface area contributed by atoms with Crippen molar-refractivity contribution in [3.05, 3.63) is 66.1 Å². The quantitative estimate of drug-likeness (QED) is 0.805. The fourth-order valence-electron chi connectivity index (χ4n) is 2.14. The van der Waals surface area contributed by atoms with Crippen LogP contribution in [0.5, 0.6) is 0 Å². The molecule has 6 nitrogen and oxygen atoms in total. The Morgan fingerprint density at radius 3 is 2.43 bits per heavy atom. The van der Waals surface area contributed by atoms with E-state index in [1.54, 1.807) is 19.2 Å². The minimum absolute atomic E-state index is 0.0423. The summed E-state index contributed by atoms with van der Waals surface area (Å²) in [5, 5.41) is 7.75. The van der Waals surface area contributed by atoms with E-state index in [9.17, 15) is 9.18 Å². The second-order valence-electron chi connectivity index (χ2n) is 4.91. The molecule has 1 aromatic heterocycles. The van der Waals surface area contributed by atoms with Crippen molar-refractivity contribution in [1.82, 2.24) is 15.0 Å². The van der Waals surface area contributed by atoms with E-state index >= 15 is 0 Å². The third-order valence-electron chi connectivity index (χ3n) is 3.43. The van der Waals surface area contributed by atoms with Gasteiger partial charge in [0.15, 0.2) is 11.5 Å². The smallest absolute Gasteiger partial charge is 0.282 e. The minimum atomic E-state index is -0.373. The summed E-state index contributed by atoms with van der Waals surface area (Å²) >= 11 is 0. The average molecular weight is 311 g/mol. The van der Waals surface area contributed by atoms with E-state index in [-0.39, 0.29) is 23.2 Å². The van der Waals surface area contributed by atoms with Crippen molar-refractivity contribution in [3.8, 4) is 5.69 Å². The summed E-state index contributed by atoms with van der Waals surface area (Å²) in [4.78, 5) is 14.0. The van der Waals surface area contributed by atoms with Gasteiger partial charge in [0, 0.05) is 12.7 Å². The molecule has 0 bridgehead atoms. The zero-order valence-corrected chi connectivity index (χ0v) is 12.3. The lowest BCUT2D eigenvalue weighted by Gasteiger charge is -2.15. The molecule has 0 aliphatic carbocycles. The highest BCUT2D eigenvalue weighted by molar-refractivity contribution is 6.07. The Hall–Kier alpha value is -3.22. The molecule has 0 saturated heterocycles. The molecule has 0 saturated carbocycles. The van der Waals surface area contributed by atoms with Gasteiger partial charge in [-0.2, -0.15) is 4.68 Å². The zero-order valence-electron chi connectivity index (χ0n) is 12.3. The van der Waals surface area contributed by atoms with Crippen molar-refractivity contribution in [2.75, 3.05) is 17.7 Å². The van der Waals surface area contributed by atoms with Crippen LogP contribution in [-0.4, -0.2) is 27.9 Å². The highest BCUT2D eigenvalue weighted by Crippen LogP contribution is 2.19. The number of nitrogen functional groups attached to an aromatic ring is 1. The van der Waals surface area contributed by atoms with Gasteiger partial charge < -0.3 is 10.6 Å². The maximum absolute atomic E-state index is 13.0. The summed E-state index contributed by atoms with van der Waals surface area (Å²) in [6.45, 7) is 0. The Kier molecular flexibility index (Phi) is 3.76. The summed E-state index contributed by atoms with van der Waals surface area (Å²) in [5.41, 5.74) is 7.27. The van der Waals surface area contributed by atoms with Crippen LogP contribution >= 0.6 is 0 Å². The molecule has 0 fully saturated rings. The van der Waals surface area contributed by atoms with Gasteiger partial charge in [-0.25, -0.2) is 4.39 Å². The predicted octanol–water partition coefficient (Wildman–Crippen LogP) is 2.27. The molecule has 23 heavy (non-hydrogen) atoms. The molecule has 0 spiro atoms. The molecule has 1 heterocycles. The zero-order chi connectivity index (χ0) is 16.4. The van der Waals surface area contributed by atoms with Crippen LogP contribution < -0.4 is 10.6 Å². The third kappa shape index (κ3) is 2.76. The van der Waals surface area contributed by atoms with Gasteiger partial charge in [-0.1, -0.05) is 23.4 Å². The van der Waals surface area contributed by atoms with Crippen LogP contribution in [0.3, 0.4) is 0 Å². The van der Waals surface area contributed by atoms with Crippen molar-refractivity contribution >= 4 is 17.4 Å². The molecule has 3 rings (SSSR count). The summed E-state index contributed by atoms with van der Waals surface area (Å²) in [5.74, 6) is -0.640.